The molecule has 2 rings (SSSR count). The van der Waals surface area contributed by atoms with Crippen LogP contribution < -0.4 is 10.6 Å². The van der Waals surface area contributed by atoms with Gasteiger partial charge >= 0.3 is 5.97 Å². The Bertz CT molecular complexity index is 512. The molecular formula is C13H18N4O3. The predicted molar refractivity (Wildman–Crippen MR) is 73.9 cm³/mol. The summed E-state index contributed by atoms with van der Waals surface area (Å²) in [5, 5.41) is 15.2. The molecule has 0 aromatic carbocycles. The van der Waals surface area contributed by atoms with E-state index >= 15 is 0 Å². The van der Waals surface area contributed by atoms with Gasteiger partial charge in [-0.05, 0) is 13.0 Å². The number of anilines is 1. The maximum Gasteiger partial charge on any atom is 0.339 e. The third-order valence-corrected chi connectivity index (χ3v) is 3.17. The minimum absolute atomic E-state index is 0.0303. The monoisotopic (exact) mass is 278 g/mol. The third-order valence-electron chi connectivity index (χ3n) is 3.17. The number of hydrogen-bond donors (Lipinski definition) is 3. The predicted octanol–water partition coefficient (Wildman–Crippen LogP) is -0.0681. The minimum atomic E-state index is -1.06. The van der Waals surface area contributed by atoms with Crippen molar-refractivity contribution in [3.8, 4) is 0 Å². The van der Waals surface area contributed by atoms with Gasteiger partial charge in [0.1, 0.15) is 5.56 Å². The van der Waals surface area contributed by atoms with Gasteiger partial charge in [0.25, 0.3) is 0 Å². The molecule has 20 heavy (non-hydrogen) atoms. The van der Waals surface area contributed by atoms with Gasteiger partial charge in [-0.3, -0.25) is 9.78 Å². The van der Waals surface area contributed by atoms with E-state index in [2.05, 4.69) is 15.6 Å². The first-order chi connectivity index (χ1) is 9.58. The number of aryl methyl sites for hydroxylation is 1. The van der Waals surface area contributed by atoms with E-state index < -0.39 is 5.97 Å². The number of aromatic carboxylic acids is 1. The van der Waals surface area contributed by atoms with Crippen LogP contribution in [-0.2, 0) is 4.79 Å². The minimum Gasteiger partial charge on any atom is -0.478 e. The first kappa shape index (κ1) is 14.3. The molecule has 0 spiro atoms. The number of amides is 1. The van der Waals surface area contributed by atoms with Crippen molar-refractivity contribution in [1.82, 2.24) is 15.2 Å². The average Bonchev–Trinajstić information content (AvgIpc) is 2.45. The summed E-state index contributed by atoms with van der Waals surface area (Å²) >= 11 is 0. The van der Waals surface area contributed by atoms with Gasteiger partial charge in [0.2, 0.25) is 5.91 Å². The molecule has 7 heteroatoms. The molecular weight excluding hydrogens is 260 g/mol. The summed E-state index contributed by atoms with van der Waals surface area (Å²) in [6.07, 6.45) is 1.30. The van der Waals surface area contributed by atoms with Crippen LogP contribution in [0.25, 0.3) is 0 Å². The van der Waals surface area contributed by atoms with E-state index in [1.54, 1.807) is 17.9 Å². The van der Waals surface area contributed by atoms with Crippen LogP contribution in [0.5, 0.6) is 0 Å². The summed E-state index contributed by atoms with van der Waals surface area (Å²) in [4.78, 5) is 28.8. The van der Waals surface area contributed by atoms with Gasteiger partial charge in [-0.25, -0.2) is 4.79 Å². The number of rotatable bonds is 4. The third kappa shape index (κ3) is 3.45. The van der Waals surface area contributed by atoms with Crippen LogP contribution in [0.15, 0.2) is 12.3 Å². The summed E-state index contributed by atoms with van der Waals surface area (Å²) in [6.45, 7) is 4.81. The normalized spacial score (nSPS) is 14.9. The number of carboxylic acid groups (broad SMARTS) is 1. The molecule has 1 aliphatic heterocycles. The maximum atomic E-state index is 12.0. The Morgan fingerprint density at radius 2 is 2.15 bits per heavy atom. The summed E-state index contributed by atoms with van der Waals surface area (Å²) in [6, 6.07) is 1.63. The quantitative estimate of drug-likeness (QED) is 0.714. The largest absolute Gasteiger partial charge is 0.478 e. The molecule has 0 bridgehead atoms. The van der Waals surface area contributed by atoms with Crippen molar-refractivity contribution in [2.24, 2.45) is 0 Å². The van der Waals surface area contributed by atoms with Gasteiger partial charge < -0.3 is 20.6 Å². The van der Waals surface area contributed by atoms with Gasteiger partial charge in [-0.1, -0.05) is 0 Å². The summed E-state index contributed by atoms with van der Waals surface area (Å²) < 4.78 is 0. The molecule has 0 atom stereocenters. The van der Waals surface area contributed by atoms with Crippen LogP contribution in [-0.4, -0.2) is 59.6 Å². The van der Waals surface area contributed by atoms with Crippen LogP contribution >= 0.6 is 0 Å². The highest BCUT2D eigenvalue weighted by atomic mass is 16.4. The van der Waals surface area contributed by atoms with E-state index in [4.69, 9.17) is 5.11 Å². The van der Waals surface area contributed by atoms with Crippen LogP contribution in [0, 0.1) is 6.92 Å². The first-order valence-corrected chi connectivity index (χ1v) is 6.50. The van der Waals surface area contributed by atoms with Gasteiger partial charge in [0.05, 0.1) is 12.2 Å². The van der Waals surface area contributed by atoms with Gasteiger partial charge in [0, 0.05) is 38.1 Å². The molecule has 1 amide bonds. The van der Waals surface area contributed by atoms with E-state index in [0.717, 1.165) is 13.1 Å². The molecule has 0 aliphatic carbocycles. The molecule has 7 nitrogen and oxygen atoms in total. The Labute approximate surface area is 117 Å². The van der Waals surface area contributed by atoms with Gasteiger partial charge in [0.15, 0.2) is 0 Å². The molecule has 0 radical (unpaired) electrons. The molecule has 1 aromatic heterocycles. The van der Waals surface area contributed by atoms with Crippen molar-refractivity contribution in [3.05, 3.63) is 23.5 Å². The Morgan fingerprint density at radius 3 is 2.80 bits per heavy atom. The Hall–Kier alpha value is -2.15. The van der Waals surface area contributed by atoms with E-state index in [-0.39, 0.29) is 18.0 Å². The fraction of sp³-hybridized carbons (Fsp3) is 0.462. The molecule has 0 unspecified atom stereocenters. The maximum absolute atomic E-state index is 12.0. The molecule has 1 fully saturated rings. The number of aromatic nitrogens is 1. The van der Waals surface area contributed by atoms with Crippen molar-refractivity contribution < 1.29 is 14.7 Å². The summed E-state index contributed by atoms with van der Waals surface area (Å²) in [5.41, 5.74) is 1.20. The zero-order valence-corrected chi connectivity index (χ0v) is 11.3. The SMILES string of the molecule is Cc1cc(NCC(=O)N2CCNCC2)c(C(=O)O)cn1. The first-order valence-electron chi connectivity index (χ1n) is 6.50. The second kappa shape index (κ2) is 6.33. The van der Waals surface area contributed by atoms with E-state index in [1.165, 1.54) is 6.20 Å². The molecule has 1 aromatic rings. The van der Waals surface area contributed by atoms with E-state index in [1.807, 2.05) is 0 Å². The van der Waals surface area contributed by atoms with Gasteiger partial charge in [-0.2, -0.15) is 0 Å². The number of carbonyl (C=O) groups excluding carboxylic acids is 1. The molecule has 1 aliphatic rings. The van der Waals surface area contributed by atoms with Crippen molar-refractivity contribution >= 4 is 17.6 Å². The molecule has 0 saturated carbocycles. The standard InChI is InChI=1S/C13H18N4O3/c1-9-6-11(10(7-15-9)13(19)20)16-8-12(18)17-4-2-14-3-5-17/h6-7,14H,2-5,8H2,1H3,(H,15,16)(H,19,20). The summed E-state index contributed by atoms with van der Waals surface area (Å²) in [5.74, 6) is -1.09. The zero-order chi connectivity index (χ0) is 14.5. The number of pyridine rings is 1. The van der Waals surface area contributed by atoms with Crippen molar-refractivity contribution in [1.29, 1.82) is 0 Å². The van der Waals surface area contributed by atoms with Crippen LogP contribution in [0.1, 0.15) is 16.1 Å². The summed E-state index contributed by atoms with van der Waals surface area (Å²) in [7, 11) is 0. The van der Waals surface area contributed by atoms with Gasteiger partial charge in [-0.15, -0.1) is 0 Å². The molecule has 2 heterocycles. The average molecular weight is 278 g/mol. The highest BCUT2D eigenvalue weighted by Gasteiger charge is 2.17. The van der Waals surface area contributed by atoms with E-state index in [9.17, 15) is 9.59 Å². The lowest BCUT2D eigenvalue weighted by atomic mass is 10.2. The fourth-order valence-electron chi connectivity index (χ4n) is 2.07. The van der Waals surface area contributed by atoms with Crippen molar-refractivity contribution in [2.75, 3.05) is 38.0 Å². The number of nitrogens with zero attached hydrogens (tertiary/aromatic N) is 2. The molecule has 108 valence electrons. The Balaban J connectivity index is 2.01. The van der Waals surface area contributed by atoms with Crippen LogP contribution in [0.4, 0.5) is 5.69 Å². The van der Waals surface area contributed by atoms with Crippen molar-refractivity contribution in [2.45, 2.75) is 6.92 Å². The smallest absolute Gasteiger partial charge is 0.339 e. The fourth-order valence-corrected chi connectivity index (χ4v) is 2.07. The number of carboxylic acids is 1. The Kier molecular flexibility index (Phi) is 4.52. The lowest BCUT2D eigenvalue weighted by Crippen LogP contribution is -2.48. The Morgan fingerprint density at radius 1 is 1.45 bits per heavy atom. The van der Waals surface area contributed by atoms with Crippen molar-refractivity contribution in [3.63, 3.8) is 0 Å². The molecule has 1 saturated heterocycles. The van der Waals surface area contributed by atoms with E-state index in [0.29, 0.717) is 24.5 Å². The lowest BCUT2D eigenvalue weighted by molar-refractivity contribution is -0.129. The number of hydrogen-bond acceptors (Lipinski definition) is 5. The highest BCUT2D eigenvalue weighted by molar-refractivity contribution is 5.94. The number of carbonyl (C=O) groups is 2. The van der Waals surface area contributed by atoms with Crippen LogP contribution in [0.2, 0.25) is 0 Å². The lowest BCUT2D eigenvalue weighted by Gasteiger charge is -2.27. The molecule has 3 N–H and O–H groups in total. The topological polar surface area (TPSA) is 94.6 Å². The van der Waals surface area contributed by atoms with Crippen LogP contribution in [0.3, 0.4) is 0 Å². The second-order valence-corrected chi connectivity index (χ2v) is 4.66. The number of nitrogens with one attached hydrogen (secondary N) is 2. The second-order valence-electron chi connectivity index (χ2n) is 4.66. The number of piperazine rings is 1. The highest BCUT2D eigenvalue weighted by Crippen LogP contribution is 2.15. The zero-order valence-electron chi connectivity index (χ0n) is 11.3.